The molecule has 6 heteroatoms. The maximum absolute atomic E-state index is 4.80. The van der Waals surface area contributed by atoms with E-state index in [2.05, 4.69) is 21.4 Å². The second-order valence-electron chi connectivity index (χ2n) is 6.16. The lowest BCUT2D eigenvalue weighted by Gasteiger charge is -2.05. The van der Waals surface area contributed by atoms with Gasteiger partial charge in [-0.25, -0.2) is 9.36 Å². The first-order chi connectivity index (χ1) is 13.4. The highest BCUT2D eigenvalue weighted by Gasteiger charge is 2.15. The summed E-state index contributed by atoms with van der Waals surface area (Å²) in [5.74, 6) is 0. The predicted octanol–water partition coefficient (Wildman–Crippen LogP) is 4.12. The summed E-state index contributed by atoms with van der Waals surface area (Å²) in [6.45, 7) is 0. The van der Waals surface area contributed by atoms with Crippen molar-refractivity contribution in [2.24, 2.45) is 0 Å². The van der Waals surface area contributed by atoms with Gasteiger partial charge in [0.25, 0.3) is 0 Å². The fourth-order valence-corrected chi connectivity index (χ4v) is 3.06. The Morgan fingerprint density at radius 3 is 2.22 bits per heavy atom. The van der Waals surface area contributed by atoms with Gasteiger partial charge in [-0.15, -0.1) is 0 Å². The quantitative estimate of drug-likeness (QED) is 0.529. The molecule has 2 aromatic carbocycles. The number of para-hydroxylation sites is 2. The van der Waals surface area contributed by atoms with Crippen LogP contribution >= 0.6 is 0 Å². The first kappa shape index (κ1) is 15.3. The first-order valence-corrected chi connectivity index (χ1v) is 8.63. The summed E-state index contributed by atoms with van der Waals surface area (Å²) in [7, 11) is 0. The van der Waals surface area contributed by atoms with E-state index < -0.39 is 0 Å². The highest BCUT2D eigenvalue weighted by Crippen LogP contribution is 2.28. The molecule has 0 unspecified atom stereocenters. The van der Waals surface area contributed by atoms with Gasteiger partial charge in [0.05, 0.1) is 35.2 Å². The molecule has 5 aromatic rings. The third-order valence-electron chi connectivity index (χ3n) is 4.40. The number of H-pyrrole nitrogens is 1. The second kappa shape index (κ2) is 6.42. The standard InChI is InChI=1S/C21H16N6/c1-3-7-18(8-4-1)26-15-17(14-24-26)21-11-20(16-12-22-23-13-16)25-27(21)19-9-5-2-6-10-19/h1-15H,(H,22,23). The number of nitrogens with zero attached hydrogens (tertiary/aromatic N) is 5. The van der Waals surface area contributed by atoms with Gasteiger partial charge in [0.15, 0.2) is 0 Å². The van der Waals surface area contributed by atoms with Crippen LogP contribution < -0.4 is 0 Å². The Morgan fingerprint density at radius 2 is 1.52 bits per heavy atom. The van der Waals surface area contributed by atoms with Crippen molar-refractivity contribution in [3.05, 3.63) is 91.5 Å². The Balaban J connectivity index is 1.64. The van der Waals surface area contributed by atoms with Crippen LogP contribution in [0.1, 0.15) is 0 Å². The zero-order valence-electron chi connectivity index (χ0n) is 14.4. The summed E-state index contributed by atoms with van der Waals surface area (Å²) in [5, 5.41) is 16.2. The fraction of sp³-hybridized carbons (Fsp3) is 0. The van der Waals surface area contributed by atoms with Crippen molar-refractivity contribution in [1.29, 1.82) is 0 Å². The number of nitrogens with one attached hydrogen (secondary N) is 1. The average Bonchev–Trinajstić information content (AvgIpc) is 3.49. The molecule has 6 nitrogen and oxygen atoms in total. The zero-order chi connectivity index (χ0) is 18.1. The minimum Gasteiger partial charge on any atom is -0.285 e. The number of aromatic nitrogens is 6. The monoisotopic (exact) mass is 352 g/mol. The molecule has 0 aliphatic rings. The molecule has 0 aliphatic carbocycles. The van der Waals surface area contributed by atoms with Crippen molar-refractivity contribution >= 4 is 0 Å². The van der Waals surface area contributed by atoms with E-state index in [1.165, 1.54) is 0 Å². The Labute approximate surface area is 155 Å². The van der Waals surface area contributed by atoms with Gasteiger partial charge in [-0.1, -0.05) is 36.4 Å². The predicted molar refractivity (Wildman–Crippen MR) is 104 cm³/mol. The van der Waals surface area contributed by atoms with E-state index in [9.17, 15) is 0 Å². The second-order valence-corrected chi connectivity index (χ2v) is 6.16. The van der Waals surface area contributed by atoms with Crippen LogP contribution in [0.3, 0.4) is 0 Å². The topological polar surface area (TPSA) is 64.3 Å². The molecule has 3 aromatic heterocycles. The van der Waals surface area contributed by atoms with Crippen LogP contribution in [0, 0.1) is 0 Å². The van der Waals surface area contributed by atoms with Gasteiger partial charge in [0.2, 0.25) is 0 Å². The molecule has 1 N–H and O–H groups in total. The Kier molecular flexibility index (Phi) is 3.65. The summed E-state index contributed by atoms with van der Waals surface area (Å²) in [5.41, 5.74) is 5.78. The summed E-state index contributed by atoms with van der Waals surface area (Å²) >= 11 is 0. The van der Waals surface area contributed by atoms with Gasteiger partial charge < -0.3 is 0 Å². The number of rotatable bonds is 4. The van der Waals surface area contributed by atoms with Crippen molar-refractivity contribution in [2.75, 3.05) is 0 Å². The van der Waals surface area contributed by atoms with Crippen LogP contribution in [0.25, 0.3) is 33.9 Å². The third kappa shape index (κ3) is 2.83. The fourth-order valence-electron chi connectivity index (χ4n) is 3.06. The molecule has 0 aliphatic heterocycles. The van der Waals surface area contributed by atoms with Gasteiger partial charge >= 0.3 is 0 Å². The largest absolute Gasteiger partial charge is 0.285 e. The number of benzene rings is 2. The van der Waals surface area contributed by atoms with Crippen LogP contribution in [0.5, 0.6) is 0 Å². The average molecular weight is 352 g/mol. The molecule has 0 bridgehead atoms. The zero-order valence-corrected chi connectivity index (χ0v) is 14.4. The number of aromatic amines is 1. The summed E-state index contributed by atoms with van der Waals surface area (Å²) in [6, 6.07) is 22.2. The number of hydrogen-bond donors (Lipinski definition) is 1. The van der Waals surface area contributed by atoms with Crippen LogP contribution in [-0.2, 0) is 0 Å². The highest BCUT2D eigenvalue weighted by atomic mass is 15.3. The van der Waals surface area contributed by atoms with E-state index in [1.807, 2.05) is 88.6 Å². The molecule has 0 radical (unpaired) electrons. The lowest BCUT2D eigenvalue weighted by atomic mass is 10.2. The number of hydrogen-bond acceptors (Lipinski definition) is 3. The van der Waals surface area contributed by atoms with E-state index in [0.29, 0.717) is 0 Å². The van der Waals surface area contributed by atoms with Crippen molar-refractivity contribution in [1.82, 2.24) is 29.8 Å². The molecule has 0 saturated heterocycles. The summed E-state index contributed by atoms with van der Waals surface area (Å²) in [6.07, 6.45) is 7.50. The lowest BCUT2D eigenvalue weighted by Crippen LogP contribution is -1.98. The van der Waals surface area contributed by atoms with Crippen LogP contribution in [-0.4, -0.2) is 29.8 Å². The minimum atomic E-state index is 0.857. The van der Waals surface area contributed by atoms with Crippen molar-refractivity contribution in [2.45, 2.75) is 0 Å². The Hall–Kier alpha value is -3.93. The molecule has 130 valence electrons. The third-order valence-corrected chi connectivity index (χ3v) is 4.40. The molecule has 5 rings (SSSR count). The SMILES string of the molecule is c1ccc(-n2cc(-c3cc(-c4cn[nH]c4)nn3-c3ccccc3)cn2)cc1. The maximum Gasteiger partial charge on any atom is 0.0965 e. The molecule has 0 fully saturated rings. The van der Waals surface area contributed by atoms with Gasteiger partial charge in [0, 0.05) is 23.5 Å². The Bertz CT molecular complexity index is 1150. The summed E-state index contributed by atoms with van der Waals surface area (Å²) in [4.78, 5) is 0. The normalized spacial score (nSPS) is 11.0. The van der Waals surface area contributed by atoms with E-state index in [1.54, 1.807) is 6.20 Å². The molecular formula is C21H16N6. The van der Waals surface area contributed by atoms with Crippen molar-refractivity contribution in [3.8, 4) is 33.9 Å². The van der Waals surface area contributed by atoms with Gasteiger partial charge in [-0.05, 0) is 30.3 Å². The molecule has 3 heterocycles. The molecular weight excluding hydrogens is 336 g/mol. The van der Waals surface area contributed by atoms with E-state index in [-0.39, 0.29) is 0 Å². The minimum absolute atomic E-state index is 0.857. The molecule has 0 spiro atoms. The molecule has 0 amide bonds. The van der Waals surface area contributed by atoms with Crippen LogP contribution in [0.15, 0.2) is 91.5 Å². The molecule has 0 atom stereocenters. The van der Waals surface area contributed by atoms with Gasteiger partial charge in [-0.2, -0.15) is 15.3 Å². The smallest absolute Gasteiger partial charge is 0.0965 e. The van der Waals surface area contributed by atoms with Crippen LogP contribution in [0.4, 0.5) is 0 Å². The van der Waals surface area contributed by atoms with E-state index in [0.717, 1.165) is 33.9 Å². The maximum atomic E-state index is 4.80. The van der Waals surface area contributed by atoms with Gasteiger partial charge in [-0.3, -0.25) is 5.10 Å². The van der Waals surface area contributed by atoms with Crippen molar-refractivity contribution < 1.29 is 0 Å². The van der Waals surface area contributed by atoms with E-state index in [4.69, 9.17) is 5.10 Å². The lowest BCUT2D eigenvalue weighted by molar-refractivity contribution is 0.879. The molecule has 27 heavy (non-hydrogen) atoms. The summed E-state index contributed by atoms with van der Waals surface area (Å²) < 4.78 is 3.81. The molecule has 0 saturated carbocycles. The Morgan fingerprint density at radius 1 is 0.778 bits per heavy atom. The van der Waals surface area contributed by atoms with E-state index >= 15 is 0 Å². The van der Waals surface area contributed by atoms with Crippen molar-refractivity contribution in [3.63, 3.8) is 0 Å². The van der Waals surface area contributed by atoms with Crippen LogP contribution in [0.2, 0.25) is 0 Å². The first-order valence-electron chi connectivity index (χ1n) is 8.63. The highest BCUT2D eigenvalue weighted by molar-refractivity contribution is 5.69. The van der Waals surface area contributed by atoms with Gasteiger partial charge in [0.1, 0.15) is 0 Å².